The Morgan fingerprint density at radius 1 is 1.41 bits per heavy atom. The molecule has 0 aromatic carbocycles. The third-order valence-corrected chi connectivity index (χ3v) is 3.98. The number of hydrogen-bond donors (Lipinski definition) is 1. The van der Waals surface area contributed by atoms with Gasteiger partial charge in [0, 0.05) is 31.4 Å². The summed E-state index contributed by atoms with van der Waals surface area (Å²) in [7, 11) is 2.02. The van der Waals surface area contributed by atoms with Gasteiger partial charge in [-0.25, -0.2) is 0 Å². The van der Waals surface area contributed by atoms with Gasteiger partial charge in [0.2, 0.25) is 0 Å². The van der Waals surface area contributed by atoms with Gasteiger partial charge >= 0.3 is 0 Å². The smallest absolute Gasteiger partial charge is 0.0641 e. The van der Waals surface area contributed by atoms with Gasteiger partial charge in [0.15, 0.2) is 0 Å². The number of rotatable bonds is 3. The maximum Gasteiger partial charge on any atom is 0.0641 e. The van der Waals surface area contributed by atoms with Crippen molar-refractivity contribution >= 4 is 0 Å². The molecule has 1 aliphatic rings. The van der Waals surface area contributed by atoms with Crippen LogP contribution in [0.25, 0.3) is 0 Å². The fraction of sp³-hybridized carbons (Fsp3) is 0.769. The molecule has 1 saturated heterocycles. The lowest BCUT2D eigenvalue weighted by atomic mass is 9.97. The average Bonchev–Trinajstić information content (AvgIpc) is 2.56. The van der Waals surface area contributed by atoms with Crippen LogP contribution in [0.15, 0.2) is 0 Å². The van der Waals surface area contributed by atoms with Crippen molar-refractivity contribution in [2.24, 2.45) is 18.7 Å². The molecule has 17 heavy (non-hydrogen) atoms. The van der Waals surface area contributed by atoms with E-state index in [9.17, 15) is 0 Å². The summed E-state index contributed by atoms with van der Waals surface area (Å²) in [6.07, 6.45) is 2.57. The summed E-state index contributed by atoms with van der Waals surface area (Å²) in [6.45, 7) is 8.45. The second kappa shape index (κ2) is 5.19. The number of likely N-dealkylation sites (tertiary alicyclic amines) is 1. The van der Waals surface area contributed by atoms with Crippen LogP contribution in [0.5, 0.6) is 0 Å². The normalized spacial score (nSPS) is 22.0. The van der Waals surface area contributed by atoms with Gasteiger partial charge < -0.3 is 5.73 Å². The molecular formula is C13H24N4. The predicted octanol–water partition coefficient (Wildman–Crippen LogP) is 1.21. The SMILES string of the molecule is Cc1nn(C)c(C)c1CN1CCC[C@H](CN)C1. The van der Waals surface area contributed by atoms with Crippen LogP contribution in [0.4, 0.5) is 0 Å². The van der Waals surface area contributed by atoms with Gasteiger partial charge in [0.25, 0.3) is 0 Å². The molecule has 1 fully saturated rings. The van der Waals surface area contributed by atoms with Crippen LogP contribution in [0.1, 0.15) is 29.8 Å². The van der Waals surface area contributed by atoms with Crippen LogP contribution in [0.3, 0.4) is 0 Å². The summed E-state index contributed by atoms with van der Waals surface area (Å²) in [5.41, 5.74) is 9.63. The van der Waals surface area contributed by atoms with Crippen molar-refractivity contribution in [2.45, 2.75) is 33.2 Å². The molecule has 2 rings (SSSR count). The number of aryl methyl sites for hydroxylation is 2. The number of nitrogens with zero attached hydrogens (tertiary/aromatic N) is 3. The van der Waals surface area contributed by atoms with Gasteiger partial charge in [-0.1, -0.05) is 0 Å². The molecule has 2 N–H and O–H groups in total. The molecule has 96 valence electrons. The zero-order chi connectivity index (χ0) is 12.4. The second-order valence-corrected chi connectivity index (χ2v) is 5.25. The molecule has 0 spiro atoms. The quantitative estimate of drug-likeness (QED) is 0.858. The fourth-order valence-corrected chi connectivity index (χ4v) is 2.76. The number of piperidine rings is 1. The molecule has 2 heterocycles. The molecule has 1 aromatic rings. The summed E-state index contributed by atoms with van der Waals surface area (Å²) in [5, 5.41) is 4.48. The van der Waals surface area contributed by atoms with E-state index in [1.165, 1.54) is 36.3 Å². The van der Waals surface area contributed by atoms with Crippen LogP contribution < -0.4 is 5.73 Å². The van der Waals surface area contributed by atoms with E-state index in [1.54, 1.807) is 0 Å². The Bertz CT molecular complexity index is 383. The van der Waals surface area contributed by atoms with Gasteiger partial charge in [-0.15, -0.1) is 0 Å². The summed E-state index contributed by atoms with van der Waals surface area (Å²) in [5.74, 6) is 0.682. The van der Waals surface area contributed by atoms with E-state index in [1.807, 2.05) is 11.7 Å². The lowest BCUT2D eigenvalue weighted by molar-refractivity contribution is 0.170. The maximum absolute atomic E-state index is 5.78. The molecule has 0 unspecified atom stereocenters. The van der Waals surface area contributed by atoms with Gasteiger partial charge in [-0.05, 0) is 45.7 Å². The minimum atomic E-state index is 0.682. The van der Waals surface area contributed by atoms with Crippen LogP contribution in [0.2, 0.25) is 0 Å². The average molecular weight is 236 g/mol. The van der Waals surface area contributed by atoms with Crippen molar-refractivity contribution < 1.29 is 0 Å². The van der Waals surface area contributed by atoms with Gasteiger partial charge in [-0.3, -0.25) is 9.58 Å². The molecular weight excluding hydrogens is 212 g/mol. The zero-order valence-corrected chi connectivity index (χ0v) is 11.2. The van der Waals surface area contributed by atoms with Crippen molar-refractivity contribution in [1.82, 2.24) is 14.7 Å². The lowest BCUT2D eigenvalue weighted by Crippen LogP contribution is -2.38. The first-order valence-electron chi connectivity index (χ1n) is 6.53. The van der Waals surface area contributed by atoms with Crippen LogP contribution in [-0.4, -0.2) is 34.3 Å². The molecule has 0 amide bonds. The van der Waals surface area contributed by atoms with E-state index in [0.717, 1.165) is 19.6 Å². The van der Waals surface area contributed by atoms with Crippen LogP contribution >= 0.6 is 0 Å². The Morgan fingerprint density at radius 3 is 2.76 bits per heavy atom. The Balaban J connectivity index is 2.05. The molecule has 1 aromatic heterocycles. The lowest BCUT2D eigenvalue weighted by Gasteiger charge is -2.32. The van der Waals surface area contributed by atoms with Crippen molar-refractivity contribution in [3.63, 3.8) is 0 Å². The Morgan fingerprint density at radius 2 is 2.18 bits per heavy atom. The predicted molar refractivity (Wildman–Crippen MR) is 69.7 cm³/mol. The first-order chi connectivity index (χ1) is 8.11. The summed E-state index contributed by atoms with van der Waals surface area (Å²) in [4.78, 5) is 2.53. The van der Waals surface area contributed by atoms with E-state index in [2.05, 4.69) is 23.8 Å². The molecule has 0 saturated carbocycles. The van der Waals surface area contributed by atoms with Crippen molar-refractivity contribution in [1.29, 1.82) is 0 Å². The van der Waals surface area contributed by atoms with Crippen LogP contribution in [-0.2, 0) is 13.6 Å². The van der Waals surface area contributed by atoms with Crippen molar-refractivity contribution in [2.75, 3.05) is 19.6 Å². The highest BCUT2D eigenvalue weighted by atomic mass is 15.3. The van der Waals surface area contributed by atoms with E-state index in [-0.39, 0.29) is 0 Å². The van der Waals surface area contributed by atoms with E-state index in [0.29, 0.717) is 5.92 Å². The first kappa shape index (κ1) is 12.6. The minimum absolute atomic E-state index is 0.682. The van der Waals surface area contributed by atoms with Crippen molar-refractivity contribution in [3.05, 3.63) is 17.0 Å². The number of hydrogen-bond acceptors (Lipinski definition) is 3. The highest BCUT2D eigenvalue weighted by Gasteiger charge is 2.20. The Kier molecular flexibility index (Phi) is 3.84. The molecule has 0 bridgehead atoms. The topological polar surface area (TPSA) is 47.1 Å². The highest BCUT2D eigenvalue weighted by molar-refractivity contribution is 5.24. The molecule has 0 radical (unpaired) electrons. The summed E-state index contributed by atoms with van der Waals surface area (Å²) >= 11 is 0. The van der Waals surface area contributed by atoms with Gasteiger partial charge in [0.1, 0.15) is 0 Å². The van der Waals surface area contributed by atoms with Gasteiger partial charge in [-0.2, -0.15) is 5.10 Å². The molecule has 1 aliphatic heterocycles. The molecule has 0 aliphatic carbocycles. The molecule has 1 atom stereocenters. The Labute approximate surface area is 104 Å². The van der Waals surface area contributed by atoms with E-state index >= 15 is 0 Å². The monoisotopic (exact) mass is 236 g/mol. The number of nitrogens with two attached hydrogens (primary N) is 1. The highest BCUT2D eigenvalue weighted by Crippen LogP contribution is 2.20. The first-order valence-corrected chi connectivity index (χ1v) is 6.53. The minimum Gasteiger partial charge on any atom is -0.330 e. The standard InChI is InChI=1S/C13H24N4/c1-10-13(11(2)16(3)15-10)9-17-6-4-5-12(7-14)8-17/h12H,4-9,14H2,1-3H3/t12-/m1/s1. The van der Waals surface area contributed by atoms with Gasteiger partial charge in [0.05, 0.1) is 5.69 Å². The fourth-order valence-electron chi connectivity index (χ4n) is 2.76. The zero-order valence-electron chi connectivity index (χ0n) is 11.2. The number of aromatic nitrogens is 2. The largest absolute Gasteiger partial charge is 0.330 e. The van der Waals surface area contributed by atoms with Crippen LogP contribution in [0, 0.1) is 19.8 Å². The third kappa shape index (κ3) is 2.69. The maximum atomic E-state index is 5.78. The molecule has 4 heteroatoms. The second-order valence-electron chi connectivity index (χ2n) is 5.25. The molecule has 4 nitrogen and oxygen atoms in total. The Hall–Kier alpha value is -0.870. The van der Waals surface area contributed by atoms with E-state index < -0.39 is 0 Å². The third-order valence-electron chi connectivity index (χ3n) is 3.98. The van der Waals surface area contributed by atoms with E-state index in [4.69, 9.17) is 5.73 Å². The summed E-state index contributed by atoms with van der Waals surface area (Å²) in [6, 6.07) is 0. The van der Waals surface area contributed by atoms with Crippen molar-refractivity contribution in [3.8, 4) is 0 Å². The summed E-state index contributed by atoms with van der Waals surface area (Å²) < 4.78 is 1.98.